The molecular weight excluding hydrogens is 476 g/mol. The highest BCUT2D eigenvalue weighted by molar-refractivity contribution is 6.77. The van der Waals surface area contributed by atoms with E-state index in [2.05, 4.69) is 82.4 Å². The number of esters is 1. The number of carbonyl (C=O) groups excluding carboxylic acids is 1. The molecule has 0 N–H and O–H groups in total. The normalized spacial score (nSPS) is 17.1. The Morgan fingerprint density at radius 1 is 0.838 bits per heavy atom. The van der Waals surface area contributed by atoms with Crippen molar-refractivity contribution in [1.82, 2.24) is 0 Å². The van der Waals surface area contributed by atoms with Crippen LogP contribution in [-0.4, -0.2) is 33.6 Å². The van der Waals surface area contributed by atoms with Crippen molar-refractivity contribution in [2.45, 2.75) is 104 Å². The smallest absolute Gasteiger partial charge is 0.338 e. The van der Waals surface area contributed by atoms with Gasteiger partial charge in [0.2, 0.25) is 8.32 Å². The fourth-order valence-electron chi connectivity index (χ4n) is 6.14. The van der Waals surface area contributed by atoms with Gasteiger partial charge in [0.25, 0.3) is 0 Å². The highest BCUT2D eigenvalue weighted by atomic mass is 28.4. The second kappa shape index (κ2) is 14.9. The highest BCUT2D eigenvalue weighted by Crippen LogP contribution is 2.45. The molecule has 0 aromatic heterocycles. The van der Waals surface area contributed by atoms with E-state index in [4.69, 9.17) is 13.9 Å². The molecule has 0 spiro atoms. The lowest BCUT2D eigenvalue weighted by Crippen LogP contribution is -2.54. The number of ether oxygens (including phenoxy) is 2. The van der Waals surface area contributed by atoms with Gasteiger partial charge in [-0.3, -0.25) is 0 Å². The molecule has 210 valence electrons. The summed E-state index contributed by atoms with van der Waals surface area (Å²) in [5.74, 6) is 0.926. The number of hydrogen-bond donors (Lipinski definition) is 0. The van der Waals surface area contributed by atoms with Gasteiger partial charge in [0.05, 0.1) is 18.8 Å². The molecule has 0 saturated carbocycles. The zero-order chi connectivity index (χ0) is 28.5. The Morgan fingerprint density at radius 3 is 1.76 bits per heavy atom. The maximum absolute atomic E-state index is 13.4. The van der Waals surface area contributed by atoms with Gasteiger partial charge >= 0.3 is 5.97 Å². The minimum absolute atomic E-state index is 0.0228. The van der Waals surface area contributed by atoms with Crippen LogP contribution in [0.3, 0.4) is 0 Å². The van der Waals surface area contributed by atoms with Crippen molar-refractivity contribution in [2.75, 3.05) is 7.11 Å². The van der Waals surface area contributed by atoms with Crippen LogP contribution >= 0.6 is 0 Å². The Bertz CT molecular complexity index is 823. The average molecular weight is 531 g/mol. The number of carbonyl (C=O) groups is 1. The molecule has 0 bridgehead atoms. The summed E-state index contributed by atoms with van der Waals surface area (Å²) in [4.78, 5) is 13.4. The van der Waals surface area contributed by atoms with Gasteiger partial charge in [-0.05, 0) is 65.1 Å². The number of hydrogen-bond acceptors (Lipinski definition) is 4. The number of allylic oxidation sites excluding steroid dienone is 1. The molecule has 0 aliphatic heterocycles. The van der Waals surface area contributed by atoms with Crippen molar-refractivity contribution in [1.29, 1.82) is 0 Å². The summed E-state index contributed by atoms with van der Waals surface area (Å²) in [6, 6.07) is 7.10. The first-order valence-electron chi connectivity index (χ1n) is 14.0. The van der Waals surface area contributed by atoms with Gasteiger partial charge in [-0.1, -0.05) is 81.4 Å². The molecule has 0 amide bonds. The number of rotatable bonds is 16. The third kappa shape index (κ3) is 8.31. The summed E-state index contributed by atoms with van der Waals surface area (Å²) in [5.41, 5.74) is 1.89. The summed E-state index contributed by atoms with van der Waals surface area (Å²) in [5, 5.41) is 0. The molecule has 0 fully saturated rings. The number of methoxy groups -OCH3 is 1. The van der Waals surface area contributed by atoms with Crippen molar-refractivity contribution in [3.63, 3.8) is 0 Å². The summed E-state index contributed by atoms with van der Waals surface area (Å²) in [6.07, 6.45) is 4.41. The minimum Gasteiger partial charge on any atom is -0.497 e. The van der Waals surface area contributed by atoms with E-state index in [0.29, 0.717) is 33.9 Å². The Morgan fingerprint density at radius 2 is 1.35 bits per heavy atom. The molecule has 0 aliphatic carbocycles. The van der Waals surface area contributed by atoms with Crippen LogP contribution in [0.5, 0.6) is 5.75 Å². The molecule has 0 radical (unpaired) electrons. The van der Waals surface area contributed by atoms with E-state index in [9.17, 15) is 4.79 Å². The van der Waals surface area contributed by atoms with Gasteiger partial charge in [-0.25, -0.2) is 4.79 Å². The van der Waals surface area contributed by atoms with E-state index in [1.54, 1.807) is 31.4 Å². The third-order valence-corrected chi connectivity index (χ3v) is 14.3. The van der Waals surface area contributed by atoms with Crippen LogP contribution in [0.2, 0.25) is 16.6 Å². The average Bonchev–Trinajstić information content (AvgIpc) is 2.86. The van der Waals surface area contributed by atoms with Crippen LogP contribution in [0.25, 0.3) is 0 Å². The number of benzene rings is 1. The first kappa shape index (κ1) is 33.2. The van der Waals surface area contributed by atoms with Gasteiger partial charge in [0, 0.05) is 5.92 Å². The van der Waals surface area contributed by atoms with E-state index < -0.39 is 8.32 Å². The highest BCUT2D eigenvalue weighted by Gasteiger charge is 2.49. The minimum atomic E-state index is -2.18. The fraction of sp³-hybridized carbons (Fsp3) is 0.656. The zero-order valence-electron chi connectivity index (χ0n) is 25.4. The fourth-order valence-corrected chi connectivity index (χ4v) is 11.9. The topological polar surface area (TPSA) is 44.8 Å². The van der Waals surface area contributed by atoms with Gasteiger partial charge in [0.15, 0.2) is 0 Å². The van der Waals surface area contributed by atoms with Crippen molar-refractivity contribution in [2.24, 2.45) is 23.7 Å². The SMILES string of the molecule is C=C[C@H](C)C[C@@H](C)[C@@H](OC(=O)c1ccc(OC)cc1)[C@H](C)[C@@H](O[Si](C(C)C)(C(C)C)C(C)C)[C@@H](C)C=C. The van der Waals surface area contributed by atoms with Gasteiger partial charge in [-0.2, -0.15) is 0 Å². The molecular formula is C32H54O4Si. The molecule has 6 atom stereocenters. The molecule has 1 rings (SSSR count). The third-order valence-electron chi connectivity index (χ3n) is 8.25. The molecule has 0 aliphatic rings. The van der Waals surface area contributed by atoms with Crippen LogP contribution in [-0.2, 0) is 9.16 Å². The Hall–Kier alpha value is -1.85. The molecule has 0 heterocycles. The molecule has 5 heteroatoms. The Kier molecular flexibility index (Phi) is 13.4. The summed E-state index contributed by atoms with van der Waals surface area (Å²) in [7, 11) is -0.570. The molecule has 4 nitrogen and oxygen atoms in total. The molecule has 0 saturated heterocycles. The van der Waals surface area contributed by atoms with Crippen molar-refractivity contribution in [3.8, 4) is 5.75 Å². The van der Waals surface area contributed by atoms with Gasteiger partial charge in [-0.15, -0.1) is 13.2 Å². The summed E-state index contributed by atoms with van der Waals surface area (Å²) in [6.45, 7) is 30.6. The largest absolute Gasteiger partial charge is 0.497 e. The Labute approximate surface area is 229 Å². The van der Waals surface area contributed by atoms with Crippen molar-refractivity contribution in [3.05, 3.63) is 55.1 Å². The van der Waals surface area contributed by atoms with E-state index in [-0.39, 0.29) is 35.9 Å². The first-order valence-corrected chi connectivity index (χ1v) is 16.2. The summed E-state index contributed by atoms with van der Waals surface area (Å²) < 4.78 is 18.9. The quantitative estimate of drug-likeness (QED) is 0.121. The molecule has 0 unspecified atom stereocenters. The first-order chi connectivity index (χ1) is 17.3. The maximum Gasteiger partial charge on any atom is 0.338 e. The van der Waals surface area contributed by atoms with E-state index >= 15 is 0 Å². The molecule has 37 heavy (non-hydrogen) atoms. The van der Waals surface area contributed by atoms with Crippen LogP contribution in [0.1, 0.15) is 86.0 Å². The second-order valence-corrected chi connectivity index (χ2v) is 17.3. The molecule has 1 aromatic rings. The maximum atomic E-state index is 13.4. The van der Waals surface area contributed by atoms with E-state index in [1.807, 2.05) is 12.2 Å². The lowest BCUT2D eigenvalue weighted by atomic mass is 9.81. The Balaban J connectivity index is 3.49. The van der Waals surface area contributed by atoms with Crippen molar-refractivity contribution < 1.29 is 18.7 Å². The molecule has 1 aromatic carbocycles. The summed E-state index contributed by atoms with van der Waals surface area (Å²) >= 11 is 0. The lowest BCUT2D eigenvalue weighted by molar-refractivity contribution is -0.0420. The lowest BCUT2D eigenvalue weighted by Gasteiger charge is -2.48. The van der Waals surface area contributed by atoms with Crippen LogP contribution < -0.4 is 4.74 Å². The second-order valence-electron chi connectivity index (χ2n) is 11.9. The van der Waals surface area contributed by atoms with Crippen LogP contribution in [0.4, 0.5) is 0 Å². The van der Waals surface area contributed by atoms with Crippen LogP contribution in [0, 0.1) is 23.7 Å². The van der Waals surface area contributed by atoms with Crippen LogP contribution in [0.15, 0.2) is 49.6 Å². The predicted octanol–water partition coefficient (Wildman–Crippen LogP) is 9.09. The van der Waals surface area contributed by atoms with E-state index in [0.717, 1.165) is 6.42 Å². The predicted molar refractivity (Wildman–Crippen MR) is 160 cm³/mol. The zero-order valence-corrected chi connectivity index (χ0v) is 26.4. The van der Waals surface area contributed by atoms with E-state index in [1.165, 1.54) is 0 Å². The van der Waals surface area contributed by atoms with Gasteiger partial charge < -0.3 is 13.9 Å². The van der Waals surface area contributed by atoms with Crippen molar-refractivity contribution >= 4 is 14.3 Å². The van der Waals surface area contributed by atoms with Gasteiger partial charge in [0.1, 0.15) is 11.9 Å². The standard InChI is InChI=1S/C32H54O4Si/c1-14-24(9)20-26(11)30(35-32(33)28-16-18-29(34-13)19-17-28)27(12)31(25(10)15-2)36-37(21(3)4,22(5)6)23(7)8/h14-19,21-27,30-31H,1-2,20H2,3-13H3/t24-,25-,26+,27-,30+,31-/m0/s1. The monoisotopic (exact) mass is 530 g/mol.